The van der Waals surface area contributed by atoms with Crippen LogP contribution in [0.4, 0.5) is 0 Å². The van der Waals surface area contributed by atoms with E-state index in [9.17, 15) is 0 Å². The maximum Gasteiger partial charge on any atom is 0.0597 e. The van der Waals surface area contributed by atoms with Gasteiger partial charge in [-0.2, -0.15) is 0 Å². The maximum absolute atomic E-state index is 6.48. The van der Waals surface area contributed by atoms with Crippen LogP contribution < -0.4 is 5.73 Å². The average molecular weight is 248 g/mol. The molecule has 3 heteroatoms. The van der Waals surface area contributed by atoms with Crippen molar-refractivity contribution < 1.29 is 4.74 Å². The summed E-state index contributed by atoms with van der Waals surface area (Å²) in [6.45, 7) is 8.67. The van der Waals surface area contributed by atoms with Gasteiger partial charge in [0.15, 0.2) is 0 Å². The molecule has 18 heavy (non-hydrogen) atoms. The zero-order valence-electron chi connectivity index (χ0n) is 11.7. The van der Waals surface area contributed by atoms with Crippen LogP contribution in [-0.4, -0.2) is 23.2 Å². The van der Waals surface area contributed by atoms with Crippen molar-refractivity contribution in [3.05, 3.63) is 30.1 Å². The van der Waals surface area contributed by atoms with E-state index in [0.29, 0.717) is 17.9 Å². The number of ether oxygens (including phenoxy) is 1. The van der Waals surface area contributed by atoms with E-state index in [1.54, 1.807) is 0 Å². The first kappa shape index (κ1) is 13.5. The summed E-state index contributed by atoms with van der Waals surface area (Å²) in [7, 11) is 0. The molecule has 0 amide bonds. The smallest absolute Gasteiger partial charge is 0.0597 e. The number of nitrogens with zero attached hydrogens (tertiary/aromatic N) is 1. The topological polar surface area (TPSA) is 48.1 Å². The molecule has 6 unspecified atom stereocenters. The zero-order chi connectivity index (χ0) is 13.3. The number of nitrogens with two attached hydrogens (primary N) is 1. The number of hydrogen-bond acceptors (Lipinski definition) is 3. The van der Waals surface area contributed by atoms with Crippen LogP contribution >= 0.6 is 0 Å². The third kappa shape index (κ3) is 2.43. The van der Waals surface area contributed by atoms with Crippen molar-refractivity contribution in [1.82, 2.24) is 4.98 Å². The summed E-state index contributed by atoms with van der Waals surface area (Å²) >= 11 is 0. The van der Waals surface area contributed by atoms with Gasteiger partial charge in [-0.15, -0.1) is 0 Å². The molecule has 0 spiro atoms. The van der Waals surface area contributed by atoms with E-state index in [2.05, 4.69) is 38.7 Å². The Hall–Kier alpha value is -0.930. The standard InChI is InChI=1S/C15H24N2O/c1-9-11(3)18-12(4)14(9)15(16)10(2)13-7-5-6-8-17-13/h5-12,14-15H,16H2,1-4H3. The molecule has 1 fully saturated rings. The summed E-state index contributed by atoms with van der Waals surface area (Å²) in [5, 5.41) is 0. The van der Waals surface area contributed by atoms with E-state index in [0.717, 1.165) is 5.69 Å². The molecule has 0 bridgehead atoms. The molecular formula is C15H24N2O. The highest BCUT2D eigenvalue weighted by Gasteiger charge is 2.42. The van der Waals surface area contributed by atoms with E-state index < -0.39 is 0 Å². The van der Waals surface area contributed by atoms with Gasteiger partial charge in [0.1, 0.15) is 0 Å². The van der Waals surface area contributed by atoms with Crippen LogP contribution in [0.15, 0.2) is 24.4 Å². The van der Waals surface area contributed by atoms with Gasteiger partial charge in [-0.1, -0.05) is 19.9 Å². The van der Waals surface area contributed by atoms with E-state index in [-0.39, 0.29) is 18.1 Å². The minimum absolute atomic E-state index is 0.0925. The molecule has 1 aliphatic rings. The number of rotatable bonds is 3. The minimum atomic E-state index is 0.0925. The molecule has 6 atom stereocenters. The lowest BCUT2D eigenvalue weighted by Crippen LogP contribution is -2.41. The zero-order valence-corrected chi connectivity index (χ0v) is 11.7. The Labute approximate surface area is 110 Å². The molecule has 0 aliphatic carbocycles. The first-order valence-corrected chi connectivity index (χ1v) is 6.84. The Morgan fingerprint density at radius 3 is 2.44 bits per heavy atom. The van der Waals surface area contributed by atoms with Crippen LogP contribution in [0.3, 0.4) is 0 Å². The SMILES string of the molecule is CC1OC(C)C(C(N)C(C)c2ccccn2)C1C. The third-order valence-electron chi connectivity index (χ3n) is 4.49. The van der Waals surface area contributed by atoms with Crippen LogP contribution in [0.2, 0.25) is 0 Å². The predicted molar refractivity (Wildman–Crippen MR) is 73.3 cm³/mol. The number of pyridine rings is 1. The predicted octanol–water partition coefficient (Wildman–Crippen LogP) is 2.57. The Morgan fingerprint density at radius 2 is 1.94 bits per heavy atom. The number of hydrogen-bond donors (Lipinski definition) is 1. The first-order chi connectivity index (χ1) is 8.52. The van der Waals surface area contributed by atoms with E-state index in [1.165, 1.54) is 0 Å². The van der Waals surface area contributed by atoms with Gasteiger partial charge in [-0.05, 0) is 31.9 Å². The van der Waals surface area contributed by atoms with Crippen LogP contribution in [0.1, 0.15) is 39.3 Å². The van der Waals surface area contributed by atoms with Gasteiger partial charge < -0.3 is 10.5 Å². The highest BCUT2D eigenvalue weighted by molar-refractivity contribution is 5.12. The van der Waals surface area contributed by atoms with E-state index >= 15 is 0 Å². The lowest BCUT2D eigenvalue weighted by atomic mass is 9.78. The molecular weight excluding hydrogens is 224 g/mol. The Balaban J connectivity index is 2.14. The van der Waals surface area contributed by atoms with Crippen LogP contribution in [0.5, 0.6) is 0 Å². The molecule has 1 saturated heterocycles. The van der Waals surface area contributed by atoms with Gasteiger partial charge in [-0.3, -0.25) is 4.98 Å². The molecule has 0 saturated carbocycles. The lowest BCUT2D eigenvalue weighted by Gasteiger charge is -2.30. The first-order valence-electron chi connectivity index (χ1n) is 6.84. The molecule has 2 heterocycles. The van der Waals surface area contributed by atoms with E-state index in [4.69, 9.17) is 10.5 Å². The third-order valence-corrected chi connectivity index (χ3v) is 4.49. The highest BCUT2D eigenvalue weighted by atomic mass is 16.5. The van der Waals surface area contributed by atoms with E-state index in [1.807, 2.05) is 18.3 Å². The maximum atomic E-state index is 6.48. The Bertz CT molecular complexity index is 381. The fourth-order valence-electron chi connectivity index (χ4n) is 3.13. The molecule has 0 radical (unpaired) electrons. The molecule has 1 aromatic rings. The van der Waals surface area contributed by atoms with Crippen molar-refractivity contribution in [2.75, 3.05) is 0 Å². The van der Waals surface area contributed by atoms with Crippen molar-refractivity contribution in [3.8, 4) is 0 Å². The summed E-state index contributed by atoms with van der Waals surface area (Å²) in [6, 6.07) is 6.11. The molecule has 1 aromatic heterocycles. The molecule has 1 aliphatic heterocycles. The fraction of sp³-hybridized carbons (Fsp3) is 0.667. The molecule has 0 aromatic carbocycles. The second-order valence-electron chi connectivity index (χ2n) is 5.60. The molecule has 100 valence electrons. The quantitative estimate of drug-likeness (QED) is 0.894. The van der Waals surface area contributed by atoms with Crippen LogP contribution in [0, 0.1) is 11.8 Å². The van der Waals surface area contributed by atoms with Crippen LogP contribution in [-0.2, 0) is 4.74 Å². The number of aromatic nitrogens is 1. The summed E-state index contributed by atoms with van der Waals surface area (Å²) in [6.07, 6.45) is 2.36. The van der Waals surface area contributed by atoms with Gasteiger partial charge in [0.25, 0.3) is 0 Å². The van der Waals surface area contributed by atoms with Gasteiger partial charge >= 0.3 is 0 Å². The average Bonchev–Trinajstić information content (AvgIpc) is 2.63. The lowest BCUT2D eigenvalue weighted by molar-refractivity contribution is 0.0482. The largest absolute Gasteiger partial charge is 0.375 e. The van der Waals surface area contributed by atoms with Crippen molar-refractivity contribution in [3.63, 3.8) is 0 Å². The summed E-state index contributed by atoms with van der Waals surface area (Å²) in [5.74, 6) is 1.16. The normalized spacial score (nSPS) is 35.4. The molecule has 3 nitrogen and oxygen atoms in total. The highest BCUT2D eigenvalue weighted by Crippen LogP contribution is 2.37. The Kier molecular flexibility index (Phi) is 4.03. The summed E-state index contributed by atoms with van der Waals surface area (Å²) in [5.41, 5.74) is 7.55. The molecule has 2 N–H and O–H groups in total. The van der Waals surface area contributed by atoms with Gasteiger partial charge in [-0.25, -0.2) is 0 Å². The summed E-state index contributed by atoms with van der Waals surface area (Å²) < 4.78 is 5.89. The van der Waals surface area contributed by atoms with Gasteiger partial charge in [0.05, 0.1) is 12.2 Å². The van der Waals surface area contributed by atoms with Crippen molar-refractivity contribution in [2.45, 2.75) is 51.9 Å². The molecule has 2 rings (SSSR count). The van der Waals surface area contributed by atoms with Crippen molar-refractivity contribution in [2.24, 2.45) is 17.6 Å². The van der Waals surface area contributed by atoms with Crippen LogP contribution in [0.25, 0.3) is 0 Å². The van der Waals surface area contributed by atoms with Gasteiger partial charge in [0, 0.05) is 29.8 Å². The monoisotopic (exact) mass is 248 g/mol. The summed E-state index contributed by atoms with van der Waals surface area (Å²) in [4.78, 5) is 4.42. The second kappa shape index (κ2) is 5.37. The van der Waals surface area contributed by atoms with Crippen molar-refractivity contribution in [1.29, 1.82) is 0 Å². The Morgan fingerprint density at radius 1 is 1.22 bits per heavy atom. The minimum Gasteiger partial charge on any atom is -0.375 e. The van der Waals surface area contributed by atoms with Crippen molar-refractivity contribution >= 4 is 0 Å². The fourth-order valence-corrected chi connectivity index (χ4v) is 3.13. The second-order valence-corrected chi connectivity index (χ2v) is 5.60. The van der Waals surface area contributed by atoms with Gasteiger partial charge in [0.2, 0.25) is 0 Å².